The highest BCUT2D eigenvalue weighted by Crippen LogP contribution is 2.28. The van der Waals surface area contributed by atoms with Crippen LogP contribution in [0.2, 0.25) is 0 Å². The Bertz CT molecular complexity index is 439. The molecule has 0 heterocycles. The maximum Gasteiger partial charge on any atom is 0.0737 e. The van der Waals surface area contributed by atoms with Crippen molar-refractivity contribution in [2.45, 2.75) is 12.2 Å². The van der Waals surface area contributed by atoms with Gasteiger partial charge in [-0.2, -0.15) is 0 Å². The van der Waals surface area contributed by atoms with Gasteiger partial charge in [0.2, 0.25) is 0 Å². The molecule has 0 spiro atoms. The molecule has 2 heteroatoms. The van der Waals surface area contributed by atoms with Crippen molar-refractivity contribution < 1.29 is 9.84 Å². The standard InChI is InChI=1S/C15H15O2/c1-17-15(13-10-6-3-7-11-13)14(16)12-8-4-2-5-9-12/h2-11,14-15H,1H3/q-1. The van der Waals surface area contributed by atoms with Crippen LogP contribution < -0.4 is 5.11 Å². The molecule has 2 rings (SSSR count). The van der Waals surface area contributed by atoms with E-state index in [1.807, 2.05) is 60.7 Å². The molecule has 0 saturated carbocycles. The topological polar surface area (TPSA) is 32.3 Å². The second-order valence-electron chi connectivity index (χ2n) is 3.90. The highest BCUT2D eigenvalue weighted by Gasteiger charge is 2.14. The van der Waals surface area contributed by atoms with Gasteiger partial charge in [-0.25, -0.2) is 0 Å². The van der Waals surface area contributed by atoms with E-state index in [0.29, 0.717) is 0 Å². The molecule has 0 amide bonds. The van der Waals surface area contributed by atoms with Crippen molar-refractivity contribution in [2.75, 3.05) is 7.11 Å². The molecule has 0 aliphatic carbocycles. The average Bonchev–Trinajstić information content (AvgIpc) is 2.42. The minimum atomic E-state index is -0.899. The van der Waals surface area contributed by atoms with E-state index in [4.69, 9.17) is 4.74 Å². The van der Waals surface area contributed by atoms with E-state index >= 15 is 0 Å². The van der Waals surface area contributed by atoms with Crippen LogP contribution in [0.1, 0.15) is 23.3 Å². The minimum Gasteiger partial charge on any atom is -0.846 e. The monoisotopic (exact) mass is 227 g/mol. The smallest absolute Gasteiger partial charge is 0.0737 e. The van der Waals surface area contributed by atoms with Crippen LogP contribution in [-0.4, -0.2) is 7.11 Å². The van der Waals surface area contributed by atoms with Crippen molar-refractivity contribution in [3.05, 3.63) is 71.8 Å². The van der Waals surface area contributed by atoms with Crippen LogP contribution in [0.3, 0.4) is 0 Å². The molecule has 88 valence electrons. The Kier molecular flexibility index (Phi) is 3.91. The number of rotatable bonds is 4. The second-order valence-corrected chi connectivity index (χ2v) is 3.90. The van der Waals surface area contributed by atoms with Crippen LogP contribution in [0, 0.1) is 0 Å². The lowest BCUT2D eigenvalue weighted by molar-refractivity contribution is -0.447. The first-order valence-corrected chi connectivity index (χ1v) is 5.61. The fourth-order valence-corrected chi connectivity index (χ4v) is 1.89. The summed E-state index contributed by atoms with van der Waals surface area (Å²) in [5.74, 6) is 0. The van der Waals surface area contributed by atoms with Gasteiger partial charge in [0.25, 0.3) is 0 Å². The third kappa shape index (κ3) is 2.73. The highest BCUT2D eigenvalue weighted by atomic mass is 16.5. The molecule has 0 radical (unpaired) electrons. The lowest BCUT2D eigenvalue weighted by Crippen LogP contribution is -2.24. The van der Waals surface area contributed by atoms with E-state index < -0.39 is 12.2 Å². The van der Waals surface area contributed by atoms with E-state index in [0.717, 1.165) is 11.1 Å². The quantitative estimate of drug-likeness (QED) is 0.803. The van der Waals surface area contributed by atoms with Gasteiger partial charge < -0.3 is 9.84 Å². The van der Waals surface area contributed by atoms with E-state index in [9.17, 15) is 5.11 Å². The summed E-state index contributed by atoms with van der Waals surface area (Å²) in [4.78, 5) is 0. The van der Waals surface area contributed by atoms with Crippen LogP contribution in [0.4, 0.5) is 0 Å². The molecule has 0 N–H and O–H groups in total. The van der Waals surface area contributed by atoms with Crippen molar-refractivity contribution in [1.29, 1.82) is 0 Å². The lowest BCUT2D eigenvalue weighted by atomic mass is 9.98. The number of hydrogen-bond donors (Lipinski definition) is 0. The fourth-order valence-electron chi connectivity index (χ4n) is 1.89. The lowest BCUT2D eigenvalue weighted by Gasteiger charge is -2.31. The first-order chi connectivity index (χ1) is 8.33. The average molecular weight is 227 g/mol. The summed E-state index contributed by atoms with van der Waals surface area (Å²) in [6.45, 7) is 0. The van der Waals surface area contributed by atoms with E-state index in [2.05, 4.69) is 0 Å². The predicted molar refractivity (Wildman–Crippen MR) is 65.4 cm³/mol. The molecule has 0 aliphatic heterocycles. The van der Waals surface area contributed by atoms with Crippen molar-refractivity contribution in [1.82, 2.24) is 0 Å². The first-order valence-electron chi connectivity index (χ1n) is 5.61. The van der Waals surface area contributed by atoms with Crippen LogP contribution in [0.5, 0.6) is 0 Å². The van der Waals surface area contributed by atoms with Gasteiger partial charge >= 0.3 is 0 Å². The molecule has 2 aromatic carbocycles. The third-order valence-electron chi connectivity index (χ3n) is 2.79. The molecule has 2 atom stereocenters. The molecule has 2 unspecified atom stereocenters. The zero-order valence-corrected chi connectivity index (χ0v) is 9.74. The summed E-state index contributed by atoms with van der Waals surface area (Å²) in [5.41, 5.74) is 1.67. The molecule has 0 fully saturated rings. The van der Waals surface area contributed by atoms with Crippen molar-refractivity contribution in [3.63, 3.8) is 0 Å². The number of benzene rings is 2. The Labute approximate surface area is 101 Å². The van der Waals surface area contributed by atoms with Crippen LogP contribution in [0.15, 0.2) is 60.7 Å². The molecule has 0 bridgehead atoms. The zero-order chi connectivity index (χ0) is 12.1. The van der Waals surface area contributed by atoms with Crippen molar-refractivity contribution in [2.24, 2.45) is 0 Å². The van der Waals surface area contributed by atoms with Gasteiger partial charge in [0.1, 0.15) is 0 Å². The van der Waals surface area contributed by atoms with Gasteiger partial charge in [0.15, 0.2) is 0 Å². The van der Waals surface area contributed by atoms with Crippen LogP contribution >= 0.6 is 0 Å². The van der Waals surface area contributed by atoms with Gasteiger partial charge in [-0.1, -0.05) is 72.3 Å². The fraction of sp³-hybridized carbons (Fsp3) is 0.200. The van der Waals surface area contributed by atoms with Gasteiger partial charge in [0, 0.05) is 7.11 Å². The van der Waals surface area contributed by atoms with Gasteiger partial charge in [-0.05, 0) is 5.56 Å². The molecule has 2 nitrogen and oxygen atoms in total. The Balaban J connectivity index is 2.25. The molecule has 17 heavy (non-hydrogen) atoms. The molecule has 2 aromatic rings. The van der Waals surface area contributed by atoms with Crippen LogP contribution in [0.25, 0.3) is 0 Å². The summed E-state index contributed by atoms with van der Waals surface area (Å²) >= 11 is 0. The van der Waals surface area contributed by atoms with Gasteiger partial charge in [0.05, 0.1) is 6.10 Å². The Morgan fingerprint density at radius 2 is 1.29 bits per heavy atom. The maximum absolute atomic E-state index is 12.3. The molecular formula is C15H15O2-. The Morgan fingerprint density at radius 3 is 1.76 bits per heavy atom. The molecule has 0 aliphatic rings. The summed E-state index contributed by atoms with van der Waals surface area (Å²) in [6.07, 6.45) is -1.35. The summed E-state index contributed by atoms with van der Waals surface area (Å²) in [7, 11) is 1.57. The van der Waals surface area contributed by atoms with Gasteiger partial charge in [-0.3, -0.25) is 0 Å². The molecule has 0 saturated heterocycles. The highest BCUT2D eigenvalue weighted by molar-refractivity contribution is 5.24. The third-order valence-corrected chi connectivity index (χ3v) is 2.79. The normalized spacial score (nSPS) is 14.2. The predicted octanol–water partition coefficient (Wildman–Crippen LogP) is 2.48. The summed E-state index contributed by atoms with van der Waals surface area (Å²) < 4.78 is 5.34. The molecular weight excluding hydrogens is 212 g/mol. The summed E-state index contributed by atoms with van der Waals surface area (Å²) in [5, 5.41) is 12.3. The van der Waals surface area contributed by atoms with Crippen LogP contribution in [-0.2, 0) is 4.74 Å². The summed E-state index contributed by atoms with van der Waals surface area (Å²) in [6, 6.07) is 18.9. The molecule has 0 aromatic heterocycles. The largest absolute Gasteiger partial charge is 0.846 e. The first kappa shape index (κ1) is 11.8. The Hall–Kier alpha value is -1.64. The van der Waals surface area contributed by atoms with Gasteiger partial charge in [-0.15, -0.1) is 0 Å². The van der Waals surface area contributed by atoms with Crippen molar-refractivity contribution >= 4 is 0 Å². The number of hydrogen-bond acceptors (Lipinski definition) is 2. The zero-order valence-electron chi connectivity index (χ0n) is 9.74. The Morgan fingerprint density at radius 1 is 0.824 bits per heavy atom. The maximum atomic E-state index is 12.3. The van der Waals surface area contributed by atoms with E-state index in [1.165, 1.54) is 0 Å². The van der Waals surface area contributed by atoms with E-state index in [1.54, 1.807) is 7.11 Å². The second kappa shape index (κ2) is 5.62. The number of ether oxygens (including phenoxy) is 1. The minimum absolute atomic E-state index is 0.446. The van der Waals surface area contributed by atoms with E-state index in [-0.39, 0.29) is 0 Å². The number of methoxy groups -OCH3 is 1. The SMILES string of the molecule is COC(c1ccccc1)C([O-])c1ccccc1. The van der Waals surface area contributed by atoms with Crippen molar-refractivity contribution in [3.8, 4) is 0 Å².